The summed E-state index contributed by atoms with van der Waals surface area (Å²) in [4.78, 5) is 21.8. The number of nitro groups is 1. The quantitative estimate of drug-likeness (QED) is 0.478. The van der Waals surface area contributed by atoms with Crippen LogP contribution in [0.15, 0.2) is 34.9 Å². The number of carbonyl (C=O) groups excluding carboxylic acids is 1. The van der Waals surface area contributed by atoms with E-state index in [1.165, 1.54) is 37.6 Å². The van der Waals surface area contributed by atoms with Gasteiger partial charge in [-0.05, 0) is 18.2 Å². The fourth-order valence-electron chi connectivity index (χ4n) is 1.63. The number of furan rings is 1. The second-order valence-corrected chi connectivity index (χ2v) is 4.36. The van der Waals surface area contributed by atoms with E-state index in [0.717, 1.165) is 0 Å². The molecular formula is C13H10ClNO6. The van der Waals surface area contributed by atoms with E-state index in [9.17, 15) is 14.9 Å². The second kappa shape index (κ2) is 6.27. The number of ether oxygens (including phenoxy) is 2. The van der Waals surface area contributed by atoms with Crippen LogP contribution >= 0.6 is 11.6 Å². The first-order valence-corrected chi connectivity index (χ1v) is 6.12. The molecule has 0 saturated carbocycles. The molecule has 0 fully saturated rings. The normalized spacial score (nSPS) is 10.2. The monoisotopic (exact) mass is 311 g/mol. The number of benzene rings is 1. The molecule has 0 saturated heterocycles. The maximum absolute atomic E-state index is 11.4. The molecule has 2 aromatic rings. The summed E-state index contributed by atoms with van der Waals surface area (Å²) in [5, 5.41) is 11.2. The first kappa shape index (κ1) is 14.9. The van der Waals surface area contributed by atoms with Gasteiger partial charge in [0.1, 0.15) is 6.61 Å². The van der Waals surface area contributed by atoms with Crippen LogP contribution in [-0.4, -0.2) is 18.0 Å². The Hall–Kier alpha value is -2.54. The number of esters is 1. The topological polar surface area (TPSA) is 91.8 Å². The van der Waals surface area contributed by atoms with Gasteiger partial charge < -0.3 is 13.9 Å². The van der Waals surface area contributed by atoms with E-state index >= 15 is 0 Å². The maximum atomic E-state index is 11.4. The molecule has 0 atom stereocenters. The van der Waals surface area contributed by atoms with Gasteiger partial charge in [0.15, 0.2) is 5.75 Å². The molecular weight excluding hydrogens is 302 g/mol. The number of nitro benzene ring substituents is 1. The predicted molar refractivity (Wildman–Crippen MR) is 72.5 cm³/mol. The Morgan fingerprint density at radius 2 is 2.19 bits per heavy atom. The van der Waals surface area contributed by atoms with Crippen molar-refractivity contribution in [3.8, 4) is 5.75 Å². The molecule has 0 aliphatic rings. The fourth-order valence-corrected chi connectivity index (χ4v) is 1.80. The van der Waals surface area contributed by atoms with Crippen LogP contribution < -0.4 is 4.74 Å². The average molecular weight is 312 g/mol. The van der Waals surface area contributed by atoms with Gasteiger partial charge >= 0.3 is 11.7 Å². The maximum Gasteiger partial charge on any atom is 0.374 e. The van der Waals surface area contributed by atoms with Crippen molar-refractivity contribution in [2.45, 2.75) is 6.61 Å². The summed E-state index contributed by atoms with van der Waals surface area (Å²) in [7, 11) is 1.22. The van der Waals surface area contributed by atoms with E-state index in [2.05, 4.69) is 4.74 Å². The summed E-state index contributed by atoms with van der Waals surface area (Å²) >= 11 is 5.71. The minimum absolute atomic E-state index is 0.00545. The Morgan fingerprint density at radius 3 is 2.86 bits per heavy atom. The van der Waals surface area contributed by atoms with Crippen molar-refractivity contribution >= 4 is 23.3 Å². The van der Waals surface area contributed by atoms with Gasteiger partial charge in [0.25, 0.3) is 0 Å². The zero-order valence-corrected chi connectivity index (χ0v) is 11.6. The van der Waals surface area contributed by atoms with Gasteiger partial charge in [-0.25, -0.2) is 4.79 Å². The highest BCUT2D eigenvalue weighted by Gasteiger charge is 2.19. The third-order valence-electron chi connectivity index (χ3n) is 2.62. The summed E-state index contributed by atoms with van der Waals surface area (Å²) in [6.07, 6.45) is 1.31. The first-order chi connectivity index (χ1) is 10.0. The largest absolute Gasteiger partial charge is 0.482 e. The number of nitrogens with zero attached hydrogens (tertiary/aromatic N) is 1. The lowest BCUT2D eigenvalue weighted by molar-refractivity contribution is -0.385. The van der Waals surface area contributed by atoms with Crippen LogP contribution in [0.25, 0.3) is 0 Å². The first-order valence-electron chi connectivity index (χ1n) is 5.74. The fraction of sp³-hybridized carbons (Fsp3) is 0.154. The molecule has 2 rings (SSSR count). The average Bonchev–Trinajstić information content (AvgIpc) is 2.93. The van der Waals surface area contributed by atoms with Gasteiger partial charge in [-0.2, -0.15) is 0 Å². The van der Waals surface area contributed by atoms with Gasteiger partial charge in [0.2, 0.25) is 5.76 Å². The van der Waals surface area contributed by atoms with Gasteiger partial charge in [0.05, 0.1) is 18.3 Å². The molecule has 1 aromatic carbocycles. The summed E-state index contributed by atoms with van der Waals surface area (Å²) in [6, 6.07) is 5.57. The molecule has 0 spiro atoms. The van der Waals surface area contributed by atoms with Crippen molar-refractivity contribution in [3.63, 3.8) is 0 Å². The number of halogens is 1. The Morgan fingerprint density at radius 1 is 1.43 bits per heavy atom. The van der Waals surface area contributed by atoms with E-state index in [-0.39, 0.29) is 28.8 Å². The number of carbonyl (C=O) groups is 1. The zero-order chi connectivity index (χ0) is 15.4. The van der Waals surface area contributed by atoms with E-state index in [4.69, 9.17) is 20.8 Å². The molecule has 7 nitrogen and oxygen atoms in total. The lowest BCUT2D eigenvalue weighted by Crippen LogP contribution is -2.06. The number of hydrogen-bond acceptors (Lipinski definition) is 6. The highest BCUT2D eigenvalue weighted by atomic mass is 35.5. The molecule has 1 heterocycles. The van der Waals surface area contributed by atoms with E-state index in [1.54, 1.807) is 0 Å². The molecule has 0 unspecified atom stereocenters. The van der Waals surface area contributed by atoms with Gasteiger partial charge in [-0.3, -0.25) is 10.1 Å². The molecule has 21 heavy (non-hydrogen) atoms. The zero-order valence-electron chi connectivity index (χ0n) is 10.9. The van der Waals surface area contributed by atoms with E-state index in [1.807, 2.05) is 0 Å². The van der Waals surface area contributed by atoms with Crippen molar-refractivity contribution < 1.29 is 23.6 Å². The smallest absolute Gasteiger partial charge is 0.374 e. The standard InChI is InChI=1S/C13H10ClNO6/c1-19-13(16)12-8(4-5-20-12)7-21-11-3-2-9(14)6-10(11)15(17)18/h2-6H,7H2,1H3. The third-order valence-corrected chi connectivity index (χ3v) is 2.85. The Labute approximate surface area is 124 Å². The number of methoxy groups -OCH3 is 1. The molecule has 0 radical (unpaired) electrons. The number of rotatable bonds is 5. The van der Waals surface area contributed by atoms with Crippen LogP contribution in [0.3, 0.4) is 0 Å². The van der Waals surface area contributed by atoms with Crippen LogP contribution in [0.4, 0.5) is 5.69 Å². The van der Waals surface area contributed by atoms with Crippen molar-refractivity contribution in [1.29, 1.82) is 0 Å². The summed E-state index contributed by atoms with van der Waals surface area (Å²) in [6.45, 7) is -0.0800. The summed E-state index contributed by atoms with van der Waals surface area (Å²) in [5.74, 6) is -0.611. The summed E-state index contributed by atoms with van der Waals surface area (Å²) in [5.41, 5.74) is 0.164. The molecule has 0 aliphatic carbocycles. The minimum atomic E-state index is -0.649. The van der Waals surface area contributed by atoms with Crippen molar-refractivity contribution in [1.82, 2.24) is 0 Å². The van der Waals surface area contributed by atoms with Crippen LogP contribution in [0, 0.1) is 10.1 Å². The predicted octanol–water partition coefficient (Wildman–Crippen LogP) is 3.21. The Balaban J connectivity index is 2.19. The third kappa shape index (κ3) is 3.32. The van der Waals surface area contributed by atoms with Crippen molar-refractivity contribution in [2.75, 3.05) is 7.11 Å². The second-order valence-electron chi connectivity index (χ2n) is 3.92. The van der Waals surface area contributed by atoms with Crippen LogP contribution in [0.1, 0.15) is 16.1 Å². The Kier molecular flexibility index (Phi) is 4.44. The Bertz CT molecular complexity index is 681. The van der Waals surface area contributed by atoms with Gasteiger partial charge in [-0.15, -0.1) is 0 Å². The lowest BCUT2D eigenvalue weighted by Gasteiger charge is -2.06. The van der Waals surface area contributed by atoms with Crippen LogP contribution in [0.5, 0.6) is 5.75 Å². The SMILES string of the molecule is COC(=O)c1occc1COc1ccc(Cl)cc1[N+](=O)[O-]. The molecule has 0 bridgehead atoms. The number of hydrogen-bond donors (Lipinski definition) is 0. The van der Waals surface area contributed by atoms with Crippen molar-refractivity contribution in [2.24, 2.45) is 0 Å². The van der Waals surface area contributed by atoms with E-state index < -0.39 is 10.9 Å². The summed E-state index contributed by atoms with van der Waals surface area (Å²) < 4.78 is 14.9. The molecule has 0 N–H and O–H groups in total. The van der Waals surface area contributed by atoms with E-state index in [0.29, 0.717) is 5.56 Å². The highest BCUT2D eigenvalue weighted by molar-refractivity contribution is 6.30. The van der Waals surface area contributed by atoms with Gasteiger partial charge in [0, 0.05) is 16.7 Å². The van der Waals surface area contributed by atoms with Crippen molar-refractivity contribution in [3.05, 3.63) is 57.0 Å². The highest BCUT2D eigenvalue weighted by Crippen LogP contribution is 2.30. The molecule has 8 heteroatoms. The lowest BCUT2D eigenvalue weighted by atomic mass is 10.2. The molecule has 0 amide bonds. The molecule has 110 valence electrons. The molecule has 0 aliphatic heterocycles. The minimum Gasteiger partial charge on any atom is -0.482 e. The molecule has 1 aromatic heterocycles. The van der Waals surface area contributed by atoms with Crippen LogP contribution in [-0.2, 0) is 11.3 Å². The van der Waals surface area contributed by atoms with Gasteiger partial charge in [-0.1, -0.05) is 11.6 Å². The van der Waals surface area contributed by atoms with Crippen LogP contribution in [0.2, 0.25) is 5.02 Å².